The summed E-state index contributed by atoms with van der Waals surface area (Å²) in [4.78, 5) is 30.6. The largest absolute Gasteiger partial charge is 0.497 e. The third kappa shape index (κ3) is 4.36. The van der Waals surface area contributed by atoms with Crippen LogP contribution < -0.4 is 15.7 Å². The molecule has 2 N–H and O–H groups in total. The van der Waals surface area contributed by atoms with Gasteiger partial charge in [-0.15, -0.1) is 0 Å². The molecule has 3 aromatic rings. The number of nitrogens with zero attached hydrogens (tertiary/aromatic N) is 1. The third-order valence-corrected chi connectivity index (χ3v) is 3.92. The molecule has 0 spiro atoms. The van der Waals surface area contributed by atoms with Crippen molar-refractivity contribution < 1.29 is 9.53 Å². The van der Waals surface area contributed by atoms with Crippen LogP contribution >= 0.6 is 0 Å². The highest BCUT2D eigenvalue weighted by atomic mass is 16.5. The van der Waals surface area contributed by atoms with Crippen LogP contribution in [0.3, 0.4) is 0 Å². The fourth-order valence-electron chi connectivity index (χ4n) is 2.55. The molecule has 3 rings (SSSR count). The van der Waals surface area contributed by atoms with Crippen molar-refractivity contribution in [2.75, 3.05) is 13.7 Å². The summed E-state index contributed by atoms with van der Waals surface area (Å²) in [5.74, 6) is 0.368. The molecule has 0 radical (unpaired) electrons. The van der Waals surface area contributed by atoms with E-state index in [2.05, 4.69) is 15.3 Å². The average Bonchev–Trinajstić information content (AvgIpc) is 2.68. The number of methoxy groups -OCH3 is 1. The van der Waals surface area contributed by atoms with Gasteiger partial charge in [-0.05, 0) is 42.3 Å². The summed E-state index contributed by atoms with van der Waals surface area (Å²) >= 11 is 0. The average molecular weight is 349 g/mol. The molecule has 1 aromatic heterocycles. The number of aromatic nitrogens is 2. The van der Waals surface area contributed by atoms with E-state index in [1.54, 1.807) is 37.4 Å². The third-order valence-electron chi connectivity index (χ3n) is 3.92. The minimum atomic E-state index is -0.563. The number of rotatable bonds is 6. The summed E-state index contributed by atoms with van der Waals surface area (Å²) in [6.45, 7) is 0.477. The first-order valence-corrected chi connectivity index (χ1v) is 8.23. The minimum absolute atomic E-state index is 0.184. The molecule has 6 nitrogen and oxygen atoms in total. The SMILES string of the molecule is COc1ccc(-c2cc(C(=O)NCCc3ccccc3)[nH]c(=O)n2)cc1. The molecule has 6 heteroatoms. The molecule has 0 saturated heterocycles. The zero-order valence-corrected chi connectivity index (χ0v) is 14.4. The molecule has 26 heavy (non-hydrogen) atoms. The maximum Gasteiger partial charge on any atom is 0.346 e. The van der Waals surface area contributed by atoms with E-state index >= 15 is 0 Å². The fourth-order valence-corrected chi connectivity index (χ4v) is 2.55. The highest BCUT2D eigenvalue weighted by Crippen LogP contribution is 2.20. The van der Waals surface area contributed by atoms with Gasteiger partial charge in [0.15, 0.2) is 0 Å². The lowest BCUT2D eigenvalue weighted by atomic mass is 10.1. The molecular formula is C20H19N3O3. The predicted octanol–water partition coefficient (Wildman–Crippen LogP) is 2.42. The first-order valence-electron chi connectivity index (χ1n) is 8.23. The Morgan fingerprint density at radius 1 is 1.12 bits per heavy atom. The van der Waals surface area contributed by atoms with Gasteiger partial charge in [0, 0.05) is 12.1 Å². The summed E-state index contributed by atoms with van der Waals surface area (Å²) in [6, 6.07) is 18.6. The Labute approximate surface area is 150 Å². The molecule has 0 aliphatic rings. The van der Waals surface area contributed by atoms with E-state index in [-0.39, 0.29) is 11.6 Å². The van der Waals surface area contributed by atoms with Crippen molar-refractivity contribution in [3.8, 4) is 17.0 Å². The lowest BCUT2D eigenvalue weighted by Crippen LogP contribution is -2.29. The standard InChI is InChI=1S/C20H19N3O3/c1-26-16-9-7-15(8-10-16)17-13-18(23-20(25)22-17)19(24)21-12-11-14-5-3-2-4-6-14/h2-10,13H,11-12H2,1H3,(H,21,24)(H,22,23,25). The van der Waals surface area contributed by atoms with Crippen LogP contribution in [0.5, 0.6) is 5.75 Å². The predicted molar refractivity (Wildman–Crippen MR) is 99.3 cm³/mol. The molecule has 0 aliphatic carbocycles. The molecule has 2 aromatic carbocycles. The molecule has 132 valence electrons. The highest BCUT2D eigenvalue weighted by molar-refractivity contribution is 5.93. The van der Waals surface area contributed by atoms with Crippen LogP contribution in [-0.2, 0) is 6.42 Å². The molecule has 0 fully saturated rings. The first-order chi connectivity index (χ1) is 12.7. The monoisotopic (exact) mass is 349 g/mol. The molecule has 0 saturated carbocycles. The van der Waals surface area contributed by atoms with Crippen LogP contribution in [-0.4, -0.2) is 29.5 Å². The van der Waals surface area contributed by atoms with Crippen LogP contribution in [0.1, 0.15) is 16.1 Å². The van der Waals surface area contributed by atoms with E-state index in [1.165, 1.54) is 0 Å². The number of carbonyl (C=O) groups excluding carboxylic acids is 1. The summed E-state index contributed by atoms with van der Waals surface area (Å²) in [5, 5.41) is 2.81. The maximum atomic E-state index is 12.3. The van der Waals surface area contributed by atoms with Crippen LogP contribution in [0.15, 0.2) is 65.5 Å². The molecule has 1 heterocycles. The fraction of sp³-hybridized carbons (Fsp3) is 0.150. The molecule has 0 bridgehead atoms. The number of hydrogen-bond acceptors (Lipinski definition) is 4. The van der Waals surface area contributed by atoms with Crippen LogP contribution in [0.25, 0.3) is 11.3 Å². The van der Waals surface area contributed by atoms with Crippen molar-refractivity contribution >= 4 is 5.91 Å². The van der Waals surface area contributed by atoms with Crippen molar-refractivity contribution in [1.82, 2.24) is 15.3 Å². The van der Waals surface area contributed by atoms with Gasteiger partial charge in [-0.1, -0.05) is 30.3 Å². The van der Waals surface area contributed by atoms with Gasteiger partial charge in [0.05, 0.1) is 12.8 Å². The van der Waals surface area contributed by atoms with E-state index in [0.717, 1.165) is 11.1 Å². The molecule has 1 amide bonds. The Bertz CT molecular complexity index is 935. The van der Waals surface area contributed by atoms with E-state index in [1.807, 2.05) is 30.3 Å². The number of amides is 1. The van der Waals surface area contributed by atoms with Gasteiger partial charge < -0.3 is 15.0 Å². The van der Waals surface area contributed by atoms with Gasteiger partial charge in [-0.3, -0.25) is 4.79 Å². The zero-order valence-electron chi connectivity index (χ0n) is 14.4. The smallest absolute Gasteiger partial charge is 0.346 e. The Kier molecular flexibility index (Phi) is 5.43. The normalized spacial score (nSPS) is 10.3. The number of aromatic amines is 1. The summed E-state index contributed by atoms with van der Waals surface area (Å²) in [7, 11) is 1.58. The van der Waals surface area contributed by atoms with Crippen LogP contribution in [0.2, 0.25) is 0 Å². The second-order valence-corrected chi connectivity index (χ2v) is 5.71. The Balaban J connectivity index is 1.72. The van der Waals surface area contributed by atoms with Crippen molar-refractivity contribution in [3.63, 3.8) is 0 Å². The van der Waals surface area contributed by atoms with E-state index in [9.17, 15) is 9.59 Å². The van der Waals surface area contributed by atoms with Gasteiger partial charge in [-0.25, -0.2) is 4.79 Å². The van der Waals surface area contributed by atoms with E-state index in [4.69, 9.17) is 4.74 Å². The number of benzene rings is 2. The summed E-state index contributed by atoms with van der Waals surface area (Å²) in [6.07, 6.45) is 0.716. The minimum Gasteiger partial charge on any atom is -0.497 e. The van der Waals surface area contributed by atoms with Crippen molar-refractivity contribution in [2.24, 2.45) is 0 Å². The van der Waals surface area contributed by atoms with Gasteiger partial charge in [0.2, 0.25) is 0 Å². The van der Waals surface area contributed by atoms with Crippen LogP contribution in [0, 0.1) is 0 Å². The Morgan fingerprint density at radius 3 is 2.54 bits per heavy atom. The van der Waals surface area contributed by atoms with Crippen molar-refractivity contribution in [2.45, 2.75) is 6.42 Å². The van der Waals surface area contributed by atoms with Gasteiger partial charge in [0.25, 0.3) is 5.91 Å². The number of H-pyrrole nitrogens is 1. The number of nitrogens with one attached hydrogen (secondary N) is 2. The van der Waals surface area contributed by atoms with Crippen LogP contribution in [0.4, 0.5) is 0 Å². The lowest BCUT2D eigenvalue weighted by Gasteiger charge is -2.07. The second kappa shape index (κ2) is 8.11. The Morgan fingerprint density at radius 2 is 1.85 bits per heavy atom. The first kappa shape index (κ1) is 17.4. The van der Waals surface area contributed by atoms with Gasteiger partial charge in [0.1, 0.15) is 11.4 Å². The van der Waals surface area contributed by atoms with E-state index < -0.39 is 5.69 Å². The topological polar surface area (TPSA) is 84.1 Å². The number of carbonyl (C=O) groups is 1. The highest BCUT2D eigenvalue weighted by Gasteiger charge is 2.10. The summed E-state index contributed by atoms with van der Waals surface area (Å²) < 4.78 is 5.12. The summed E-state index contributed by atoms with van der Waals surface area (Å²) in [5.41, 5.74) is 1.92. The molecule has 0 aliphatic heterocycles. The lowest BCUT2D eigenvalue weighted by molar-refractivity contribution is 0.0948. The van der Waals surface area contributed by atoms with E-state index in [0.29, 0.717) is 24.4 Å². The molecular weight excluding hydrogens is 330 g/mol. The van der Waals surface area contributed by atoms with Crippen molar-refractivity contribution in [3.05, 3.63) is 82.4 Å². The quantitative estimate of drug-likeness (QED) is 0.716. The maximum absolute atomic E-state index is 12.3. The van der Waals surface area contributed by atoms with Gasteiger partial charge >= 0.3 is 5.69 Å². The number of ether oxygens (including phenoxy) is 1. The molecule has 0 unspecified atom stereocenters. The Hall–Kier alpha value is -3.41. The number of hydrogen-bond donors (Lipinski definition) is 2. The van der Waals surface area contributed by atoms with Crippen molar-refractivity contribution in [1.29, 1.82) is 0 Å². The zero-order chi connectivity index (χ0) is 18.4. The van der Waals surface area contributed by atoms with Gasteiger partial charge in [-0.2, -0.15) is 4.98 Å². The second-order valence-electron chi connectivity index (χ2n) is 5.71. The molecule has 0 atom stereocenters.